The molecule has 0 radical (unpaired) electrons. The van der Waals surface area contributed by atoms with Crippen molar-refractivity contribution in [1.29, 1.82) is 0 Å². The monoisotopic (exact) mass is 406 g/mol. The molecule has 3 heterocycles. The first-order chi connectivity index (χ1) is 14.1. The molecule has 2 aliphatic heterocycles. The van der Waals surface area contributed by atoms with E-state index in [0.717, 1.165) is 41.4 Å². The van der Waals surface area contributed by atoms with E-state index < -0.39 is 0 Å². The Morgan fingerprint density at radius 2 is 2.03 bits per heavy atom. The summed E-state index contributed by atoms with van der Waals surface area (Å²) in [6.45, 7) is 6.90. The fourth-order valence-electron chi connectivity index (χ4n) is 4.45. The van der Waals surface area contributed by atoms with Crippen molar-refractivity contribution in [2.45, 2.75) is 25.8 Å². The number of anilines is 1. The van der Waals surface area contributed by atoms with Gasteiger partial charge in [0.05, 0.1) is 16.8 Å². The second-order valence-electron chi connectivity index (χ2n) is 8.18. The van der Waals surface area contributed by atoms with Gasteiger partial charge in [-0.15, -0.1) is 11.3 Å². The zero-order valence-electron chi connectivity index (χ0n) is 16.7. The molecule has 2 fully saturated rings. The van der Waals surface area contributed by atoms with Gasteiger partial charge in [-0.25, -0.2) is 4.98 Å². The van der Waals surface area contributed by atoms with E-state index in [9.17, 15) is 4.79 Å². The van der Waals surface area contributed by atoms with Gasteiger partial charge in [0.25, 0.3) is 0 Å². The molecule has 5 nitrogen and oxygen atoms in total. The molecule has 0 spiro atoms. The number of benzene rings is 2. The van der Waals surface area contributed by atoms with Crippen LogP contribution in [0.4, 0.5) is 5.69 Å². The summed E-state index contributed by atoms with van der Waals surface area (Å²) in [7, 11) is 0. The Labute approximate surface area is 175 Å². The number of aryl methyl sites for hydroxylation is 1. The van der Waals surface area contributed by atoms with Crippen LogP contribution in [0.15, 0.2) is 42.5 Å². The quantitative estimate of drug-likeness (QED) is 0.712. The van der Waals surface area contributed by atoms with Gasteiger partial charge < -0.3 is 5.32 Å². The Morgan fingerprint density at radius 3 is 2.90 bits per heavy atom. The van der Waals surface area contributed by atoms with E-state index in [1.807, 2.05) is 24.3 Å². The highest BCUT2D eigenvalue weighted by Crippen LogP contribution is 2.31. The molecule has 5 rings (SSSR count). The predicted octanol–water partition coefficient (Wildman–Crippen LogP) is 3.99. The Bertz CT molecular complexity index is 1030. The third-order valence-electron chi connectivity index (χ3n) is 6.00. The molecule has 2 aliphatic rings. The molecule has 2 aromatic carbocycles. The lowest BCUT2D eigenvalue weighted by Crippen LogP contribution is -2.51. The molecule has 0 saturated carbocycles. The number of nitrogens with zero attached hydrogens (tertiary/aromatic N) is 3. The first-order valence-corrected chi connectivity index (χ1v) is 11.2. The Hall–Kier alpha value is -2.28. The summed E-state index contributed by atoms with van der Waals surface area (Å²) >= 11 is 1.71. The zero-order valence-corrected chi connectivity index (χ0v) is 17.5. The third kappa shape index (κ3) is 4.06. The molecule has 0 aliphatic carbocycles. The average Bonchev–Trinajstić information content (AvgIpc) is 3.34. The third-order valence-corrected chi connectivity index (χ3v) is 7.07. The molecule has 150 valence electrons. The molecule has 3 aromatic rings. The van der Waals surface area contributed by atoms with Crippen LogP contribution in [-0.2, 0) is 4.79 Å². The number of hydrogen-bond donors (Lipinski definition) is 1. The van der Waals surface area contributed by atoms with Crippen LogP contribution in [0.5, 0.6) is 0 Å². The summed E-state index contributed by atoms with van der Waals surface area (Å²) in [5.41, 5.74) is 4.21. The highest BCUT2D eigenvalue weighted by Gasteiger charge is 2.31. The van der Waals surface area contributed by atoms with Gasteiger partial charge in [-0.1, -0.05) is 6.07 Å². The molecule has 6 heteroatoms. The maximum atomic E-state index is 12.5. The van der Waals surface area contributed by atoms with Crippen molar-refractivity contribution in [3.8, 4) is 10.6 Å². The summed E-state index contributed by atoms with van der Waals surface area (Å²) < 4.78 is 1.21. The smallest absolute Gasteiger partial charge is 0.238 e. The summed E-state index contributed by atoms with van der Waals surface area (Å²) in [6, 6.07) is 15.0. The number of hydrogen-bond acceptors (Lipinski definition) is 5. The SMILES string of the molecule is Cc1ccc2nc(-c3ccc(NC(=O)CN4CCN5CCC[C@H]5C4)cc3)sc2c1. The van der Waals surface area contributed by atoms with Gasteiger partial charge in [-0.2, -0.15) is 0 Å². The summed E-state index contributed by atoms with van der Waals surface area (Å²) in [4.78, 5) is 22.1. The highest BCUT2D eigenvalue weighted by molar-refractivity contribution is 7.21. The van der Waals surface area contributed by atoms with Crippen LogP contribution < -0.4 is 5.32 Å². The fraction of sp³-hybridized carbons (Fsp3) is 0.391. The maximum absolute atomic E-state index is 12.5. The van der Waals surface area contributed by atoms with Crippen LogP contribution in [0.3, 0.4) is 0 Å². The minimum atomic E-state index is 0.0691. The van der Waals surface area contributed by atoms with E-state index in [1.54, 1.807) is 11.3 Å². The molecule has 29 heavy (non-hydrogen) atoms. The lowest BCUT2D eigenvalue weighted by Gasteiger charge is -2.37. The molecular weight excluding hydrogens is 380 g/mol. The van der Waals surface area contributed by atoms with Crippen LogP contribution in [-0.4, -0.2) is 59.5 Å². The first kappa shape index (κ1) is 18.7. The standard InChI is InChI=1S/C23H26N4OS/c1-16-4-9-20-21(13-16)29-23(25-20)17-5-7-18(8-6-17)24-22(28)15-26-11-12-27-10-2-3-19(27)14-26/h4-9,13,19H,2-3,10-12,14-15H2,1H3,(H,24,28)/t19-/m0/s1. The van der Waals surface area contributed by atoms with E-state index in [2.05, 4.69) is 40.2 Å². The summed E-state index contributed by atoms with van der Waals surface area (Å²) in [5.74, 6) is 0.0691. The summed E-state index contributed by atoms with van der Waals surface area (Å²) in [5, 5.41) is 4.06. The minimum absolute atomic E-state index is 0.0691. The molecule has 0 bridgehead atoms. The molecular formula is C23H26N4OS. The molecule has 1 amide bonds. The van der Waals surface area contributed by atoms with Crippen LogP contribution in [0.25, 0.3) is 20.8 Å². The van der Waals surface area contributed by atoms with E-state index in [1.165, 1.54) is 29.6 Å². The fourth-order valence-corrected chi connectivity index (χ4v) is 5.52. The van der Waals surface area contributed by atoms with Crippen LogP contribution in [0.1, 0.15) is 18.4 Å². The highest BCUT2D eigenvalue weighted by atomic mass is 32.1. The number of thiazole rings is 1. The van der Waals surface area contributed by atoms with E-state index >= 15 is 0 Å². The molecule has 2 saturated heterocycles. The van der Waals surface area contributed by atoms with Gasteiger partial charge in [-0.05, 0) is 68.3 Å². The predicted molar refractivity (Wildman–Crippen MR) is 119 cm³/mol. The zero-order chi connectivity index (χ0) is 19.8. The van der Waals surface area contributed by atoms with E-state index in [4.69, 9.17) is 4.98 Å². The molecule has 1 N–H and O–H groups in total. The molecule has 1 aromatic heterocycles. The Morgan fingerprint density at radius 1 is 1.17 bits per heavy atom. The van der Waals surface area contributed by atoms with Gasteiger partial charge in [0.15, 0.2) is 0 Å². The number of fused-ring (bicyclic) bond motifs is 2. The topological polar surface area (TPSA) is 48.5 Å². The van der Waals surface area contributed by atoms with Crippen molar-refractivity contribution < 1.29 is 4.79 Å². The first-order valence-electron chi connectivity index (χ1n) is 10.4. The second-order valence-corrected chi connectivity index (χ2v) is 9.21. The van der Waals surface area contributed by atoms with Crippen molar-refractivity contribution in [2.75, 3.05) is 38.0 Å². The Balaban J connectivity index is 1.21. The van der Waals surface area contributed by atoms with Crippen molar-refractivity contribution in [3.05, 3.63) is 48.0 Å². The van der Waals surface area contributed by atoms with Crippen LogP contribution >= 0.6 is 11.3 Å². The molecule has 0 unspecified atom stereocenters. The molecule has 1 atom stereocenters. The normalized spacial score (nSPS) is 20.1. The van der Waals surface area contributed by atoms with E-state index in [0.29, 0.717) is 12.6 Å². The van der Waals surface area contributed by atoms with Gasteiger partial charge >= 0.3 is 0 Å². The lowest BCUT2D eigenvalue weighted by molar-refractivity contribution is -0.117. The van der Waals surface area contributed by atoms with Gasteiger partial charge in [0.2, 0.25) is 5.91 Å². The van der Waals surface area contributed by atoms with Crippen LogP contribution in [0.2, 0.25) is 0 Å². The van der Waals surface area contributed by atoms with Crippen molar-refractivity contribution in [2.24, 2.45) is 0 Å². The maximum Gasteiger partial charge on any atom is 0.238 e. The number of rotatable bonds is 4. The Kier molecular flexibility index (Phi) is 5.08. The number of carbonyl (C=O) groups is 1. The van der Waals surface area contributed by atoms with Gasteiger partial charge in [0, 0.05) is 36.9 Å². The van der Waals surface area contributed by atoms with Crippen molar-refractivity contribution in [1.82, 2.24) is 14.8 Å². The number of carbonyl (C=O) groups excluding carboxylic acids is 1. The lowest BCUT2D eigenvalue weighted by atomic mass is 10.1. The van der Waals surface area contributed by atoms with E-state index in [-0.39, 0.29) is 5.91 Å². The van der Waals surface area contributed by atoms with Crippen LogP contribution in [0, 0.1) is 6.92 Å². The van der Waals surface area contributed by atoms with Gasteiger partial charge in [0.1, 0.15) is 5.01 Å². The van der Waals surface area contributed by atoms with Gasteiger partial charge in [-0.3, -0.25) is 14.6 Å². The minimum Gasteiger partial charge on any atom is -0.325 e. The number of aromatic nitrogens is 1. The van der Waals surface area contributed by atoms with Crippen molar-refractivity contribution in [3.63, 3.8) is 0 Å². The van der Waals surface area contributed by atoms with Crippen molar-refractivity contribution >= 4 is 33.1 Å². The average molecular weight is 407 g/mol. The number of amides is 1. The summed E-state index contributed by atoms with van der Waals surface area (Å²) in [6.07, 6.45) is 2.57. The second kappa shape index (κ2) is 7.86. The number of nitrogens with one attached hydrogen (secondary N) is 1. The number of piperazine rings is 1. The largest absolute Gasteiger partial charge is 0.325 e.